The lowest BCUT2D eigenvalue weighted by Gasteiger charge is -2.26. The highest BCUT2D eigenvalue weighted by atomic mass is 15.1. The van der Waals surface area contributed by atoms with E-state index in [1.54, 1.807) is 0 Å². The van der Waals surface area contributed by atoms with E-state index in [-0.39, 0.29) is 0 Å². The maximum atomic E-state index is 3.66. The number of hydrogen-bond acceptors (Lipinski definition) is 2. The second-order valence-electron chi connectivity index (χ2n) is 6.46. The Bertz CT molecular complexity index is 402. The Morgan fingerprint density at radius 2 is 2.00 bits per heavy atom. The van der Waals surface area contributed by atoms with E-state index >= 15 is 0 Å². The van der Waals surface area contributed by atoms with Gasteiger partial charge < -0.3 is 14.8 Å². The van der Waals surface area contributed by atoms with Gasteiger partial charge >= 0.3 is 0 Å². The fourth-order valence-corrected chi connectivity index (χ4v) is 3.43. The van der Waals surface area contributed by atoms with E-state index in [1.165, 1.54) is 57.3 Å². The van der Waals surface area contributed by atoms with Gasteiger partial charge in [-0.3, -0.25) is 0 Å². The molecule has 1 atom stereocenters. The van der Waals surface area contributed by atoms with Gasteiger partial charge in [-0.25, -0.2) is 0 Å². The van der Waals surface area contributed by atoms with Crippen molar-refractivity contribution in [3.05, 3.63) is 24.0 Å². The molecule has 2 aliphatic rings. The number of nitrogens with one attached hydrogen (secondary N) is 1. The molecule has 1 N–H and O–H groups in total. The molecule has 2 fully saturated rings. The zero-order valence-corrected chi connectivity index (χ0v) is 12.9. The van der Waals surface area contributed by atoms with Crippen LogP contribution in [0.15, 0.2) is 18.5 Å². The molecule has 1 aromatic heterocycles. The molecule has 0 aromatic carbocycles. The number of piperidine rings is 1. The second kappa shape index (κ2) is 6.77. The molecule has 0 bridgehead atoms. The van der Waals surface area contributed by atoms with Gasteiger partial charge in [0.2, 0.25) is 0 Å². The van der Waals surface area contributed by atoms with Gasteiger partial charge in [0.1, 0.15) is 0 Å². The first kappa shape index (κ1) is 14.2. The summed E-state index contributed by atoms with van der Waals surface area (Å²) in [4.78, 5) is 2.62. The molecule has 1 aliphatic heterocycles. The van der Waals surface area contributed by atoms with Crippen LogP contribution in [0, 0.1) is 5.92 Å². The van der Waals surface area contributed by atoms with Crippen molar-refractivity contribution in [1.29, 1.82) is 0 Å². The van der Waals surface area contributed by atoms with Crippen LogP contribution in [0.5, 0.6) is 0 Å². The van der Waals surface area contributed by atoms with Crippen molar-refractivity contribution >= 4 is 0 Å². The Balaban J connectivity index is 1.52. The first-order valence-electron chi connectivity index (χ1n) is 8.48. The van der Waals surface area contributed by atoms with E-state index in [9.17, 15) is 0 Å². The molecule has 1 saturated carbocycles. The summed E-state index contributed by atoms with van der Waals surface area (Å²) in [5.74, 6) is 0.882. The molecule has 1 aromatic rings. The molecule has 3 heteroatoms. The van der Waals surface area contributed by atoms with Crippen LogP contribution in [0.2, 0.25) is 0 Å². The average Bonchev–Trinajstić information content (AvgIpc) is 3.22. The molecule has 0 radical (unpaired) electrons. The van der Waals surface area contributed by atoms with Crippen molar-refractivity contribution in [2.24, 2.45) is 5.92 Å². The Labute approximate surface area is 123 Å². The fourth-order valence-electron chi connectivity index (χ4n) is 3.43. The lowest BCUT2D eigenvalue weighted by Crippen LogP contribution is -2.32. The fraction of sp³-hybridized carbons (Fsp3) is 0.765. The zero-order valence-electron chi connectivity index (χ0n) is 12.9. The maximum absolute atomic E-state index is 3.66. The third kappa shape index (κ3) is 3.64. The van der Waals surface area contributed by atoms with Crippen molar-refractivity contribution in [3.63, 3.8) is 0 Å². The van der Waals surface area contributed by atoms with Crippen LogP contribution in [-0.2, 0) is 6.54 Å². The van der Waals surface area contributed by atoms with Crippen LogP contribution in [0.25, 0.3) is 0 Å². The predicted octanol–water partition coefficient (Wildman–Crippen LogP) is 3.03. The molecule has 3 nitrogen and oxygen atoms in total. The molecular weight excluding hydrogens is 246 g/mol. The standard InChI is InChI=1S/C17H29N3/c1-2-18-17(15-6-7-15)16-8-11-20(14-16)13-12-19-9-4-3-5-10-19/h8,11,14-15,17-18H,2-7,9-10,12-13H2,1H3. The Morgan fingerprint density at radius 1 is 1.20 bits per heavy atom. The summed E-state index contributed by atoms with van der Waals surface area (Å²) in [6.45, 7) is 8.24. The van der Waals surface area contributed by atoms with E-state index < -0.39 is 0 Å². The van der Waals surface area contributed by atoms with E-state index in [4.69, 9.17) is 0 Å². The summed E-state index contributed by atoms with van der Waals surface area (Å²) in [6.07, 6.45) is 11.6. The van der Waals surface area contributed by atoms with Crippen LogP contribution < -0.4 is 5.32 Å². The smallest absolute Gasteiger partial charge is 0.0363 e. The van der Waals surface area contributed by atoms with Crippen LogP contribution in [0.3, 0.4) is 0 Å². The number of aromatic nitrogens is 1. The summed E-state index contributed by atoms with van der Waals surface area (Å²) in [5.41, 5.74) is 1.49. The number of nitrogens with zero attached hydrogens (tertiary/aromatic N) is 2. The molecule has 1 unspecified atom stereocenters. The Hall–Kier alpha value is -0.800. The first-order valence-corrected chi connectivity index (χ1v) is 8.48. The Kier molecular flexibility index (Phi) is 4.79. The topological polar surface area (TPSA) is 20.2 Å². The molecule has 3 rings (SSSR count). The van der Waals surface area contributed by atoms with Crippen LogP contribution >= 0.6 is 0 Å². The van der Waals surface area contributed by atoms with E-state index in [0.717, 1.165) is 19.0 Å². The Morgan fingerprint density at radius 3 is 2.70 bits per heavy atom. The van der Waals surface area contributed by atoms with Crippen LogP contribution in [0.4, 0.5) is 0 Å². The van der Waals surface area contributed by atoms with Gasteiger partial charge in [-0.2, -0.15) is 0 Å². The van der Waals surface area contributed by atoms with Gasteiger partial charge in [-0.1, -0.05) is 13.3 Å². The highest BCUT2D eigenvalue weighted by Crippen LogP contribution is 2.40. The van der Waals surface area contributed by atoms with Crippen molar-refractivity contribution < 1.29 is 0 Å². The van der Waals surface area contributed by atoms with Gasteiger partial charge in [-0.05, 0) is 62.9 Å². The first-order chi connectivity index (χ1) is 9.86. The third-order valence-corrected chi connectivity index (χ3v) is 4.77. The number of hydrogen-bond donors (Lipinski definition) is 1. The van der Waals surface area contributed by atoms with Gasteiger partial charge in [0.05, 0.1) is 0 Å². The highest BCUT2D eigenvalue weighted by molar-refractivity contribution is 5.18. The molecule has 1 saturated heterocycles. The predicted molar refractivity (Wildman–Crippen MR) is 83.9 cm³/mol. The van der Waals surface area contributed by atoms with Crippen LogP contribution in [-0.4, -0.2) is 35.6 Å². The van der Waals surface area contributed by atoms with Crippen molar-refractivity contribution in [2.75, 3.05) is 26.2 Å². The number of rotatable bonds is 7. The molecular formula is C17H29N3. The minimum absolute atomic E-state index is 0.594. The molecule has 2 heterocycles. The second-order valence-corrected chi connectivity index (χ2v) is 6.46. The summed E-state index contributed by atoms with van der Waals surface area (Å²) in [7, 11) is 0. The lowest BCUT2D eigenvalue weighted by molar-refractivity contribution is 0.221. The normalized spacial score (nSPS) is 22.1. The summed E-state index contributed by atoms with van der Waals surface area (Å²) >= 11 is 0. The van der Waals surface area contributed by atoms with Gasteiger partial charge in [0.15, 0.2) is 0 Å². The lowest BCUT2D eigenvalue weighted by atomic mass is 10.1. The molecule has 20 heavy (non-hydrogen) atoms. The van der Waals surface area contributed by atoms with Gasteiger partial charge in [-0.15, -0.1) is 0 Å². The zero-order chi connectivity index (χ0) is 13.8. The molecule has 1 aliphatic carbocycles. The third-order valence-electron chi connectivity index (χ3n) is 4.77. The monoisotopic (exact) mass is 275 g/mol. The van der Waals surface area contributed by atoms with E-state index in [1.807, 2.05) is 0 Å². The molecule has 112 valence electrons. The van der Waals surface area contributed by atoms with Gasteiger partial charge in [0, 0.05) is 31.5 Å². The largest absolute Gasteiger partial charge is 0.353 e. The summed E-state index contributed by atoms with van der Waals surface area (Å²) in [6, 6.07) is 2.92. The minimum atomic E-state index is 0.594. The maximum Gasteiger partial charge on any atom is 0.0363 e. The SMILES string of the molecule is CCNC(c1ccn(CCN2CCCCC2)c1)C1CC1. The summed E-state index contributed by atoms with van der Waals surface area (Å²) < 4.78 is 2.39. The van der Waals surface area contributed by atoms with Gasteiger partial charge in [0.25, 0.3) is 0 Å². The number of likely N-dealkylation sites (tertiary alicyclic amines) is 1. The van der Waals surface area contributed by atoms with Crippen molar-refractivity contribution in [2.45, 2.75) is 51.6 Å². The quantitative estimate of drug-likeness (QED) is 0.825. The molecule has 0 spiro atoms. The van der Waals surface area contributed by atoms with E-state index in [2.05, 4.69) is 40.2 Å². The minimum Gasteiger partial charge on any atom is -0.353 e. The average molecular weight is 275 g/mol. The van der Waals surface area contributed by atoms with Crippen LogP contribution in [0.1, 0.15) is 50.6 Å². The van der Waals surface area contributed by atoms with Crippen molar-refractivity contribution in [1.82, 2.24) is 14.8 Å². The highest BCUT2D eigenvalue weighted by Gasteiger charge is 2.31. The summed E-state index contributed by atoms with van der Waals surface area (Å²) in [5, 5.41) is 3.66. The molecule has 0 amide bonds. The van der Waals surface area contributed by atoms with Crippen molar-refractivity contribution in [3.8, 4) is 0 Å². The van der Waals surface area contributed by atoms with E-state index in [0.29, 0.717) is 6.04 Å².